The highest BCUT2D eigenvalue weighted by molar-refractivity contribution is 7.15. The first-order chi connectivity index (χ1) is 14.8. The van der Waals surface area contributed by atoms with Crippen LogP contribution in [0, 0.1) is 0 Å². The number of aromatic nitrogens is 4. The number of rotatable bonds is 7. The van der Waals surface area contributed by atoms with Crippen LogP contribution in [0.25, 0.3) is 4.96 Å². The third-order valence-corrected chi connectivity index (χ3v) is 6.36. The van der Waals surface area contributed by atoms with Gasteiger partial charge in [0.25, 0.3) is 5.91 Å². The number of benzene rings is 1. The molecule has 4 heterocycles. The van der Waals surface area contributed by atoms with Gasteiger partial charge in [0.05, 0.1) is 18.3 Å². The van der Waals surface area contributed by atoms with Gasteiger partial charge in [-0.2, -0.15) is 5.10 Å². The Hall–Kier alpha value is -2.97. The van der Waals surface area contributed by atoms with Gasteiger partial charge in [-0.25, -0.2) is 4.98 Å². The molecule has 1 fully saturated rings. The lowest BCUT2D eigenvalue weighted by Crippen LogP contribution is -2.31. The van der Waals surface area contributed by atoms with Crippen molar-refractivity contribution in [2.24, 2.45) is 0 Å². The number of carbonyl (C=O) groups is 1. The lowest BCUT2D eigenvalue weighted by atomic mass is 10.1. The summed E-state index contributed by atoms with van der Waals surface area (Å²) in [7, 11) is 0. The monoisotopic (exact) mass is 420 g/mol. The van der Waals surface area contributed by atoms with Crippen LogP contribution in [0.4, 0.5) is 0 Å². The van der Waals surface area contributed by atoms with Gasteiger partial charge in [-0.05, 0) is 24.5 Å². The molecular formula is C22H24N6OS. The minimum absolute atomic E-state index is 0.0449. The van der Waals surface area contributed by atoms with Crippen molar-refractivity contribution < 1.29 is 4.79 Å². The zero-order valence-corrected chi connectivity index (χ0v) is 17.5. The van der Waals surface area contributed by atoms with Crippen molar-refractivity contribution in [1.82, 2.24) is 29.4 Å². The predicted molar refractivity (Wildman–Crippen MR) is 116 cm³/mol. The molecule has 30 heavy (non-hydrogen) atoms. The minimum atomic E-state index is 0.0449. The fraction of sp³-hybridized carbons (Fsp3) is 0.318. The second-order valence-electron chi connectivity index (χ2n) is 7.53. The summed E-state index contributed by atoms with van der Waals surface area (Å²) in [5.41, 5.74) is 2.68. The molecule has 0 spiro atoms. The Labute approximate surface area is 179 Å². The molecule has 0 bridgehead atoms. The summed E-state index contributed by atoms with van der Waals surface area (Å²) in [5, 5.41) is 10.0. The molecule has 0 radical (unpaired) electrons. The zero-order valence-electron chi connectivity index (χ0n) is 16.6. The van der Waals surface area contributed by atoms with Crippen LogP contribution in [0.1, 0.15) is 40.6 Å². The van der Waals surface area contributed by atoms with Gasteiger partial charge >= 0.3 is 0 Å². The van der Waals surface area contributed by atoms with Crippen molar-refractivity contribution in [2.45, 2.75) is 32.0 Å². The number of carbonyl (C=O) groups excluding carboxylic acids is 1. The Morgan fingerprint density at radius 1 is 1.13 bits per heavy atom. The smallest absolute Gasteiger partial charge is 0.274 e. The second kappa shape index (κ2) is 8.41. The molecule has 7 nitrogen and oxygen atoms in total. The Bertz CT molecular complexity index is 1110. The first kappa shape index (κ1) is 19.0. The zero-order chi connectivity index (χ0) is 20.3. The topological polar surface area (TPSA) is 67.5 Å². The predicted octanol–water partition coefficient (Wildman–Crippen LogP) is 3.36. The Balaban J connectivity index is 1.42. The Morgan fingerprint density at radius 2 is 1.97 bits per heavy atom. The molecule has 8 heteroatoms. The molecule has 4 aromatic rings. The molecule has 5 rings (SSSR count). The number of hydrogen-bond acceptors (Lipinski definition) is 5. The summed E-state index contributed by atoms with van der Waals surface area (Å²) in [6.45, 7) is 2.90. The van der Waals surface area contributed by atoms with E-state index in [2.05, 4.69) is 27.5 Å². The normalized spacial score (nSPS) is 15.1. The first-order valence-corrected chi connectivity index (χ1v) is 11.2. The Morgan fingerprint density at radius 3 is 2.73 bits per heavy atom. The van der Waals surface area contributed by atoms with Crippen LogP contribution in [-0.2, 0) is 13.1 Å². The minimum Gasteiger partial charge on any atom is -0.337 e. The molecule has 3 aromatic heterocycles. The summed E-state index contributed by atoms with van der Waals surface area (Å²) < 4.78 is 3.97. The van der Waals surface area contributed by atoms with E-state index in [9.17, 15) is 4.79 Å². The highest BCUT2D eigenvalue weighted by atomic mass is 32.1. The lowest BCUT2D eigenvalue weighted by molar-refractivity contribution is 0.0786. The van der Waals surface area contributed by atoms with Gasteiger partial charge in [0.1, 0.15) is 0 Å². The maximum Gasteiger partial charge on any atom is 0.274 e. The van der Waals surface area contributed by atoms with Gasteiger partial charge in [-0.15, -0.1) is 11.3 Å². The third kappa shape index (κ3) is 3.76. The number of fused-ring (bicyclic) bond motifs is 1. The Kier molecular flexibility index (Phi) is 5.33. The number of thiazole rings is 1. The van der Waals surface area contributed by atoms with Crippen molar-refractivity contribution in [3.05, 3.63) is 77.3 Å². The van der Waals surface area contributed by atoms with E-state index < -0.39 is 0 Å². The number of imidazole rings is 1. The van der Waals surface area contributed by atoms with Crippen molar-refractivity contribution in [2.75, 3.05) is 13.1 Å². The SMILES string of the molecule is O=C(c1nc2sccn2c1CN[C@@H](Cn1cccn1)c1ccccc1)N1CCCC1. The highest BCUT2D eigenvalue weighted by Crippen LogP contribution is 2.22. The summed E-state index contributed by atoms with van der Waals surface area (Å²) >= 11 is 1.56. The fourth-order valence-corrected chi connectivity index (χ4v) is 4.76. The second-order valence-corrected chi connectivity index (χ2v) is 8.41. The van der Waals surface area contributed by atoms with Crippen LogP contribution >= 0.6 is 11.3 Å². The van der Waals surface area contributed by atoms with Crippen molar-refractivity contribution >= 4 is 22.2 Å². The summed E-state index contributed by atoms with van der Waals surface area (Å²) in [5.74, 6) is 0.0449. The molecule has 1 aromatic carbocycles. The van der Waals surface area contributed by atoms with Gasteiger partial charge in [-0.1, -0.05) is 30.3 Å². The van der Waals surface area contributed by atoms with Crippen LogP contribution in [0.2, 0.25) is 0 Å². The van der Waals surface area contributed by atoms with E-state index >= 15 is 0 Å². The van der Waals surface area contributed by atoms with E-state index in [4.69, 9.17) is 0 Å². The number of nitrogens with zero attached hydrogens (tertiary/aromatic N) is 5. The van der Waals surface area contributed by atoms with E-state index in [0.717, 1.165) is 36.6 Å². The van der Waals surface area contributed by atoms with E-state index in [1.54, 1.807) is 17.5 Å². The maximum absolute atomic E-state index is 13.1. The first-order valence-electron chi connectivity index (χ1n) is 10.3. The molecule has 1 amide bonds. The highest BCUT2D eigenvalue weighted by Gasteiger charge is 2.26. The molecule has 1 aliphatic heterocycles. The van der Waals surface area contributed by atoms with Crippen LogP contribution in [0.3, 0.4) is 0 Å². The standard InChI is InChI=1S/C22H24N6OS/c29-21(26-10-4-5-11-26)20-19(28-13-14-30-22(28)25-20)15-23-18(16-27-12-6-9-24-27)17-7-2-1-3-8-17/h1-3,6-9,12-14,18,23H,4-5,10-11,15-16H2/t18-/m0/s1. The average Bonchev–Trinajstić information content (AvgIpc) is 3.57. The number of nitrogens with one attached hydrogen (secondary N) is 1. The van der Waals surface area contributed by atoms with Gasteiger partial charge < -0.3 is 10.2 Å². The van der Waals surface area contributed by atoms with E-state index in [0.29, 0.717) is 18.8 Å². The molecule has 1 saturated heterocycles. The summed E-state index contributed by atoms with van der Waals surface area (Å²) in [4.78, 5) is 20.6. The molecule has 154 valence electrons. The molecule has 1 atom stereocenters. The summed E-state index contributed by atoms with van der Waals surface area (Å²) in [6.07, 6.45) is 7.90. The molecule has 0 unspecified atom stereocenters. The average molecular weight is 421 g/mol. The maximum atomic E-state index is 13.1. The van der Waals surface area contributed by atoms with Crippen LogP contribution in [0.5, 0.6) is 0 Å². The molecule has 0 aliphatic carbocycles. The number of likely N-dealkylation sites (tertiary alicyclic amines) is 1. The van der Waals surface area contributed by atoms with Gasteiger partial charge in [-0.3, -0.25) is 13.9 Å². The molecule has 0 saturated carbocycles. The number of amides is 1. The quantitative estimate of drug-likeness (QED) is 0.498. The van der Waals surface area contributed by atoms with Gasteiger partial charge in [0.15, 0.2) is 10.7 Å². The lowest BCUT2D eigenvalue weighted by Gasteiger charge is -2.20. The van der Waals surface area contributed by atoms with E-state index in [1.165, 1.54) is 5.56 Å². The van der Waals surface area contributed by atoms with Crippen molar-refractivity contribution in [3.63, 3.8) is 0 Å². The molecular weight excluding hydrogens is 396 g/mol. The van der Waals surface area contributed by atoms with Crippen LogP contribution in [-0.4, -0.2) is 43.1 Å². The molecule has 1 aliphatic rings. The third-order valence-electron chi connectivity index (χ3n) is 5.60. The van der Waals surface area contributed by atoms with Gasteiger partial charge in [0.2, 0.25) is 0 Å². The number of hydrogen-bond donors (Lipinski definition) is 1. The van der Waals surface area contributed by atoms with E-state index in [-0.39, 0.29) is 11.9 Å². The summed E-state index contributed by atoms with van der Waals surface area (Å²) in [6, 6.07) is 12.3. The molecule has 1 N–H and O–H groups in total. The van der Waals surface area contributed by atoms with Crippen molar-refractivity contribution in [1.29, 1.82) is 0 Å². The van der Waals surface area contributed by atoms with Gasteiger partial charge in [0, 0.05) is 43.6 Å². The fourth-order valence-electron chi connectivity index (χ4n) is 4.03. The van der Waals surface area contributed by atoms with Crippen LogP contribution in [0.15, 0.2) is 60.4 Å². The van der Waals surface area contributed by atoms with Crippen molar-refractivity contribution in [3.8, 4) is 0 Å². The van der Waals surface area contributed by atoms with E-state index in [1.807, 2.05) is 56.0 Å². The largest absolute Gasteiger partial charge is 0.337 e. The van der Waals surface area contributed by atoms with Crippen LogP contribution < -0.4 is 5.32 Å².